The van der Waals surface area contributed by atoms with Crippen LogP contribution in [-0.2, 0) is 9.53 Å². The molecule has 1 atom stereocenters. The fourth-order valence-electron chi connectivity index (χ4n) is 5.25. The zero-order valence-electron chi connectivity index (χ0n) is 26.4. The minimum Gasteiger partial charge on any atom is -0.491 e. The first-order valence-electron chi connectivity index (χ1n) is 15.9. The smallest absolute Gasteiger partial charge is 0.251 e. The summed E-state index contributed by atoms with van der Waals surface area (Å²) in [5.74, 6) is 0.764. The molecule has 5 rings (SSSR count). The highest BCUT2D eigenvalue weighted by atomic mass is 32.2. The van der Waals surface area contributed by atoms with Crippen molar-refractivity contribution in [3.05, 3.63) is 90.5 Å². The second kappa shape index (κ2) is 16.3. The van der Waals surface area contributed by atoms with E-state index in [-0.39, 0.29) is 11.3 Å². The summed E-state index contributed by atoms with van der Waals surface area (Å²) in [6.45, 7) is 10.1. The number of nitrogens with zero attached hydrogens (tertiary/aromatic N) is 4. The number of hydrogen-bond donors (Lipinski definition) is 1. The van der Waals surface area contributed by atoms with Gasteiger partial charge >= 0.3 is 0 Å². The molecule has 236 valence electrons. The van der Waals surface area contributed by atoms with Gasteiger partial charge in [-0.2, -0.15) is 0 Å². The molecule has 0 spiro atoms. The number of benzene rings is 3. The highest BCUT2D eigenvalue weighted by Gasteiger charge is 2.20. The summed E-state index contributed by atoms with van der Waals surface area (Å²) < 4.78 is 13.4. The summed E-state index contributed by atoms with van der Waals surface area (Å²) in [6, 6.07) is 22.7. The molecule has 0 saturated carbocycles. The number of carbonyl (C=O) groups is 1. The van der Waals surface area contributed by atoms with Crippen LogP contribution in [0.3, 0.4) is 0 Å². The van der Waals surface area contributed by atoms with Crippen LogP contribution in [0, 0.1) is 0 Å². The molecule has 0 radical (unpaired) electrons. The zero-order valence-corrected chi connectivity index (χ0v) is 27.3. The summed E-state index contributed by atoms with van der Waals surface area (Å²) in [6.07, 6.45) is 9.41. The molecule has 2 heterocycles. The number of nitrogens with one attached hydrogen (secondary N) is 1. The molecule has 0 saturated heterocycles. The van der Waals surface area contributed by atoms with Gasteiger partial charge in [0.25, 0.3) is 5.91 Å². The lowest BCUT2D eigenvalue weighted by Gasteiger charge is -2.25. The van der Waals surface area contributed by atoms with Crippen molar-refractivity contribution in [3.8, 4) is 16.9 Å². The molecule has 1 aliphatic heterocycles. The third-order valence-corrected chi connectivity index (χ3v) is 8.86. The van der Waals surface area contributed by atoms with Gasteiger partial charge in [0.05, 0.1) is 12.0 Å². The van der Waals surface area contributed by atoms with E-state index in [4.69, 9.17) is 9.47 Å². The molecule has 1 amide bonds. The van der Waals surface area contributed by atoms with Gasteiger partial charge < -0.3 is 24.3 Å². The summed E-state index contributed by atoms with van der Waals surface area (Å²) in [7, 11) is 0. The number of thioether (sulfide) groups is 1. The molecule has 9 heteroatoms. The fourth-order valence-corrected chi connectivity index (χ4v) is 6.17. The zero-order chi connectivity index (χ0) is 31.4. The molecule has 0 fully saturated rings. The van der Waals surface area contributed by atoms with Crippen molar-refractivity contribution in [1.82, 2.24) is 14.8 Å². The average molecular weight is 626 g/mol. The summed E-state index contributed by atoms with van der Waals surface area (Å²) >= 11 is 1.70. The van der Waals surface area contributed by atoms with Crippen LogP contribution in [0.5, 0.6) is 5.75 Å². The van der Waals surface area contributed by atoms with E-state index in [1.807, 2.05) is 41.0 Å². The second-order valence-corrected chi connectivity index (χ2v) is 12.5. The van der Waals surface area contributed by atoms with E-state index in [1.54, 1.807) is 24.4 Å². The van der Waals surface area contributed by atoms with E-state index in [1.165, 1.54) is 0 Å². The Morgan fingerprint density at radius 2 is 1.69 bits per heavy atom. The Balaban J connectivity index is 1.26. The Labute approximate surface area is 270 Å². The van der Waals surface area contributed by atoms with Gasteiger partial charge in [0.1, 0.15) is 25.0 Å². The number of unbranched alkanes of at least 4 members (excludes halogenated alkanes) is 1. The van der Waals surface area contributed by atoms with Crippen LogP contribution in [0.2, 0.25) is 0 Å². The first-order valence-corrected chi connectivity index (χ1v) is 16.7. The van der Waals surface area contributed by atoms with Crippen molar-refractivity contribution < 1.29 is 14.3 Å². The number of anilines is 2. The van der Waals surface area contributed by atoms with E-state index in [0.717, 1.165) is 83.2 Å². The van der Waals surface area contributed by atoms with E-state index in [9.17, 15) is 4.79 Å². The monoisotopic (exact) mass is 625 g/mol. The van der Waals surface area contributed by atoms with Gasteiger partial charge in [-0.3, -0.25) is 4.79 Å². The van der Waals surface area contributed by atoms with Crippen LogP contribution >= 0.6 is 11.8 Å². The molecule has 0 aliphatic carbocycles. The Hall–Kier alpha value is -4.08. The van der Waals surface area contributed by atoms with Gasteiger partial charge in [0.2, 0.25) is 0 Å². The molecule has 1 aliphatic rings. The van der Waals surface area contributed by atoms with Crippen LogP contribution < -0.4 is 15.0 Å². The average Bonchev–Trinajstić information content (AvgIpc) is 3.54. The van der Waals surface area contributed by atoms with Crippen molar-refractivity contribution in [2.75, 3.05) is 43.1 Å². The highest BCUT2D eigenvalue weighted by molar-refractivity contribution is 7.99. The predicted octanol–water partition coefficient (Wildman–Crippen LogP) is 8.09. The maximum Gasteiger partial charge on any atom is 0.251 e. The molecule has 3 aromatic carbocycles. The van der Waals surface area contributed by atoms with E-state index in [0.29, 0.717) is 19.6 Å². The fraction of sp³-hybridized carbons (Fsp3) is 0.361. The minimum atomic E-state index is -0.0665. The third-order valence-electron chi connectivity index (χ3n) is 7.74. The molecule has 4 aromatic rings. The van der Waals surface area contributed by atoms with Crippen molar-refractivity contribution in [3.63, 3.8) is 0 Å². The van der Waals surface area contributed by atoms with Crippen LogP contribution in [-0.4, -0.2) is 53.6 Å². The molecular weight excluding hydrogens is 582 g/mol. The third kappa shape index (κ3) is 8.99. The van der Waals surface area contributed by atoms with Gasteiger partial charge in [-0.05, 0) is 97.5 Å². The summed E-state index contributed by atoms with van der Waals surface area (Å²) in [5, 5.41) is 11.1. The van der Waals surface area contributed by atoms with Crippen LogP contribution in [0.1, 0.15) is 57.4 Å². The Bertz CT molecular complexity index is 1540. The van der Waals surface area contributed by atoms with E-state index < -0.39 is 0 Å². The predicted molar refractivity (Wildman–Crippen MR) is 184 cm³/mol. The Morgan fingerprint density at radius 3 is 2.42 bits per heavy atom. The molecule has 1 N–H and O–H groups in total. The number of hydrogen-bond acceptors (Lipinski definition) is 7. The van der Waals surface area contributed by atoms with Gasteiger partial charge in [-0.1, -0.05) is 38.5 Å². The number of rotatable bonds is 15. The number of ether oxygens (including phenoxy) is 2. The summed E-state index contributed by atoms with van der Waals surface area (Å²) in [5.41, 5.74) is 5.98. The molecule has 0 bridgehead atoms. The second-order valence-electron chi connectivity index (χ2n) is 11.1. The lowest BCUT2D eigenvalue weighted by Crippen LogP contribution is -2.26. The van der Waals surface area contributed by atoms with Gasteiger partial charge in [-0.25, -0.2) is 0 Å². The molecular formula is C36H43N5O3S. The van der Waals surface area contributed by atoms with Crippen LogP contribution in [0.15, 0.2) is 89.9 Å². The standard InChI is InChI=1S/C36H43N5O3S/c1-4-6-20-43-21-22-44-33-12-7-28(8-13-33)29-9-16-35-31(23-29)24-30(17-19-40(35)18-5-2)36(42)39-32-10-14-34(15-11-32)45-27(3)41-25-37-38-26-41/h7-16,23-27H,4-6,17-22H2,1-3H3,(H,39,42). The molecule has 1 unspecified atom stereocenters. The van der Waals surface area contributed by atoms with E-state index in [2.05, 4.69) is 77.6 Å². The minimum absolute atomic E-state index is 0.0665. The Morgan fingerprint density at radius 1 is 0.933 bits per heavy atom. The van der Waals surface area contributed by atoms with Crippen molar-refractivity contribution in [2.45, 2.75) is 56.7 Å². The molecule has 45 heavy (non-hydrogen) atoms. The molecule has 1 aromatic heterocycles. The number of aromatic nitrogens is 3. The van der Waals surface area contributed by atoms with E-state index >= 15 is 0 Å². The lowest BCUT2D eigenvalue weighted by atomic mass is 10.00. The lowest BCUT2D eigenvalue weighted by molar-refractivity contribution is -0.112. The quantitative estimate of drug-likeness (QED) is 0.106. The van der Waals surface area contributed by atoms with Crippen molar-refractivity contribution in [2.24, 2.45) is 0 Å². The summed E-state index contributed by atoms with van der Waals surface area (Å²) in [4.78, 5) is 17.0. The maximum atomic E-state index is 13.5. The number of carbonyl (C=O) groups excluding carboxylic acids is 1. The number of fused-ring (bicyclic) bond motifs is 1. The van der Waals surface area contributed by atoms with Crippen molar-refractivity contribution in [1.29, 1.82) is 0 Å². The van der Waals surface area contributed by atoms with Crippen LogP contribution in [0.25, 0.3) is 17.2 Å². The normalized spacial score (nSPS) is 13.5. The van der Waals surface area contributed by atoms with Gasteiger partial charge in [0.15, 0.2) is 0 Å². The highest BCUT2D eigenvalue weighted by Crippen LogP contribution is 2.34. The first-order chi connectivity index (χ1) is 22.0. The van der Waals surface area contributed by atoms with Crippen molar-refractivity contribution >= 4 is 35.1 Å². The first kappa shape index (κ1) is 32.3. The number of amides is 1. The largest absolute Gasteiger partial charge is 0.491 e. The van der Waals surface area contributed by atoms with Gasteiger partial charge in [0, 0.05) is 41.5 Å². The van der Waals surface area contributed by atoms with Crippen LogP contribution in [0.4, 0.5) is 11.4 Å². The van der Waals surface area contributed by atoms with Gasteiger partial charge in [-0.15, -0.1) is 22.0 Å². The topological polar surface area (TPSA) is 81.5 Å². The Kier molecular flexibility index (Phi) is 11.7. The maximum absolute atomic E-state index is 13.5. The molecule has 8 nitrogen and oxygen atoms in total. The SMILES string of the molecule is CCCCOCCOc1ccc(-c2ccc3c(c2)C=C(C(=O)Nc2ccc(SC(C)n4cnnc4)cc2)CCN3CCC)cc1.